The number of halogens is 3. The number of nitrogens with two attached hydrogens (primary N) is 1. The zero-order valence-electron chi connectivity index (χ0n) is 9.12. The molecule has 0 aliphatic heterocycles. The van der Waals surface area contributed by atoms with Crippen LogP contribution in [0, 0.1) is 5.82 Å². The number of hydrogen-bond donors (Lipinski definition) is 2. The molecule has 2 aromatic rings. The third-order valence-corrected chi connectivity index (χ3v) is 2.77. The van der Waals surface area contributed by atoms with Gasteiger partial charge in [0.2, 0.25) is 5.95 Å². The van der Waals surface area contributed by atoms with Crippen molar-refractivity contribution in [3.8, 4) is 0 Å². The highest BCUT2D eigenvalue weighted by Crippen LogP contribution is 2.20. The smallest absolute Gasteiger partial charge is 0.222 e. The van der Waals surface area contributed by atoms with E-state index in [0.29, 0.717) is 17.4 Å². The fraction of sp³-hybridized carbons (Fsp3) is 0.0909. The second-order valence-electron chi connectivity index (χ2n) is 3.53. The van der Waals surface area contributed by atoms with Gasteiger partial charge in [0.15, 0.2) is 5.82 Å². The van der Waals surface area contributed by atoms with E-state index in [9.17, 15) is 4.39 Å². The van der Waals surface area contributed by atoms with E-state index in [4.69, 9.17) is 28.9 Å². The van der Waals surface area contributed by atoms with Crippen LogP contribution in [0.3, 0.4) is 0 Å². The number of hydrogen-bond acceptors (Lipinski definition) is 4. The summed E-state index contributed by atoms with van der Waals surface area (Å²) in [5.74, 6) is 0.0911. The molecule has 0 unspecified atom stereocenters. The Morgan fingerprint density at radius 2 is 2.06 bits per heavy atom. The van der Waals surface area contributed by atoms with Crippen molar-refractivity contribution in [3.05, 3.63) is 45.8 Å². The van der Waals surface area contributed by atoms with Gasteiger partial charge >= 0.3 is 0 Å². The third-order valence-electron chi connectivity index (χ3n) is 2.21. The Morgan fingerprint density at radius 1 is 1.28 bits per heavy atom. The molecule has 0 saturated heterocycles. The van der Waals surface area contributed by atoms with Gasteiger partial charge in [0, 0.05) is 6.54 Å². The molecular weight excluding hydrogens is 278 g/mol. The van der Waals surface area contributed by atoms with Crippen LogP contribution < -0.4 is 11.1 Å². The van der Waals surface area contributed by atoms with Gasteiger partial charge in [-0.2, -0.15) is 4.98 Å². The van der Waals surface area contributed by atoms with Gasteiger partial charge in [-0.25, -0.2) is 9.37 Å². The summed E-state index contributed by atoms with van der Waals surface area (Å²) in [5, 5.41) is 3.40. The predicted molar refractivity (Wildman–Crippen MR) is 70.2 cm³/mol. The maximum atomic E-state index is 13.0. The van der Waals surface area contributed by atoms with Crippen LogP contribution in [-0.2, 0) is 6.54 Å². The van der Waals surface area contributed by atoms with Gasteiger partial charge in [-0.3, -0.25) is 0 Å². The number of nitrogens with zero attached hydrogens (tertiary/aromatic N) is 2. The molecule has 0 fully saturated rings. The van der Waals surface area contributed by atoms with Gasteiger partial charge in [0.25, 0.3) is 0 Å². The van der Waals surface area contributed by atoms with Crippen molar-refractivity contribution < 1.29 is 4.39 Å². The second kappa shape index (κ2) is 5.37. The highest BCUT2D eigenvalue weighted by atomic mass is 35.5. The molecule has 0 radical (unpaired) electrons. The van der Waals surface area contributed by atoms with E-state index in [1.807, 2.05) is 0 Å². The number of anilines is 2. The zero-order chi connectivity index (χ0) is 13.1. The maximum absolute atomic E-state index is 13.0. The van der Waals surface area contributed by atoms with E-state index in [0.717, 1.165) is 5.56 Å². The van der Waals surface area contributed by atoms with E-state index in [2.05, 4.69) is 15.3 Å². The summed E-state index contributed by atoms with van der Waals surface area (Å²) in [6.45, 7) is 0.399. The van der Waals surface area contributed by atoms with E-state index < -0.39 is 5.82 Å². The third kappa shape index (κ3) is 3.00. The Morgan fingerprint density at radius 3 is 2.78 bits per heavy atom. The number of benzene rings is 1. The van der Waals surface area contributed by atoms with Crippen LogP contribution in [0.1, 0.15) is 5.56 Å². The number of aromatic nitrogens is 2. The summed E-state index contributed by atoms with van der Waals surface area (Å²) in [6.07, 6.45) is 1.41. The molecule has 0 bridgehead atoms. The van der Waals surface area contributed by atoms with Crippen LogP contribution in [0.5, 0.6) is 0 Å². The zero-order valence-corrected chi connectivity index (χ0v) is 10.6. The van der Waals surface area contributed by atoms with Crippen LogP contribution in [0.4, 0.5) is 16.2 Å². The summed E-state index contributed by atoms with van der Waals surface area (Å²) >= 11 is 11.6. The second-order valence-corrected chi connectivity index (χ2v) is 4.34. The van der Waals surface area contributed by atoms with Crippen molar-refractivity contribution in [1.29, 1.82) is 0 Å². The lowest BCUT2D eigenvalue weighted by Crippen LogP contribution is -2.05. The molecule has 94 valence electrons. The minimum Gasteiger partial charge on any atom is -0.368 e. The molecule has 0 aliphatic rings. The Kier molecular flexibility index (Phi) is 3.84. The van der Waals surface area contributed by atoms with Gasteiger partial charge < -0.3 is 11.1 Å². The molecule has 1 aromatic heterocycles. The van der Waals surface area contributed by atoms with Crippen molar-refractivity contribution in [2.45, 2.75) is 6.54 Å². The van der Waals surface area contributed by atoms with Crippen LogP contribution in [0.2, 0.25) is 10.0 Å². The fourth-order valence-electron chi connectivity index (χ4n) is 1.34. The largest absolute Gasteiger partial charge is 0.368 e. The number of nitrogens with one attached hydrogen (secondary N) is 1. The first-order chi connectivity index (χ1) is 8.56. The Bertz CT molecular complexity index is 577. The van der Waals surface area contributed by atoms with Gasteiger partial charge in [0.05, 0.1) is 11.2 Å². The average Bonchev–Trinajstić information content (AvgIpc) is 2.34. The first kappa shape index (κ1) is 12.9. The SMILES string of the molecule is Nc1ncc(Cl)c(NCc2ccc(F)c(Cl)c2)n1. The van der Waals surface area contributed by atoms with E-state index >= 15 is 0 Å². The van der Waals surface area contributed by atoms with Crippen molar-refractivity contribution >= 4 is 35.0 Å². The monoisotopic (exact) mass is 286 g/mol. The summed E-state index contributed by atoms with van der Waals surface area (Å²) in [7, 11) is 0. The molecule has 1 heterocycles. The quantitative estimate of drug-likeness (QED) is 0.910. The summed E-state index contributed by atoms with van der Waals surface area (Å²) in [4.78, 5) is 7.69. The van der Waals surface area contributed by atoms with Gasteiger partial charge in [-0.15, -0.1) is 0 Å². The van der Waals surface area contributed by atoms with Crippen LogP contribution in [-0.4, -0.2) is 9.97 Å². The van der Waals surface area contributed by atoms with Crippen LogP contribution in [0.25, 0.3) is 0 Å². The summed E-state index contributed by atoms with van der Waals surface area (Å²) in [5.41, 5.74) is 6.25. The predicted octanol–water partition coefficient (Wildman–Crippen LogP) is 3.12. The number of rotatable bonds is 3. The Labute approximate surface area is 113 Å². The molecule has 1 aromatic carbocycles. The van der Waals surface area contributed by atoms with Gasteiger partial charge in [-0.05, 0) is 17.7 Å². The molecule has 0 amide bonds. The first-order valence-corrected chi connectivity index (χ1v) is 5.77. The molecule has 0 atom stereocenters. The standard InChI is InChI=1S/C11H9Cl2FN4/c12-7-3-6(1-2-9(7)14)4-16-10-8(13)5-17-11(15)18-10/h1-3,5H,4H2,(H3,15,16,17,18). The van der Waals surface area contributed by atoms with Crippen LogP contribution >= 0.6 is 23.2 Å². The molecule has 0 spiro atoms. The Hall–Kier alpha value is -1.59. The fourth-order valence-corrected chi connectivity index (χ4v) is 1.70. The summed E-state index contributed by atoms with van der Waals surface area (Å²) < 4.78 is 13.0. The first-order valence-electron chi connectivity index (χ1n) is 5.02. The molecule has 18 heavy (non-hydrogen) atoms. The minimum absolute atomic E-state index is 0.0719. The van der Waals surface area contributed by atoms with Crippen molar-refractivity contribution in [2.75, 3.05) is 11.1 Å². The molecular formula is C11H9Cl2FN4. The van der Waals surface area contributed by atoms with E-state index in [1.54, 1.807) is 6.07 Å². The van der Waals surface area contributed by atoms with Crippen molar-refractivity contribution in [1.82, 2.24) is 9.97 Å². The molecule has 3 N–H and O–H groups in total. The normalized spacial score (nSPS) is 10.4. The van der Waals surface area contributed by atoms with E-state index in [1.165, 1.54) is 18.3 Å². The topological polar surface area (TPSA) is 63.8 Å². The summed E-state index contributed by atoms with van der Waals surface area (Å²) in [6, 6.07) is 4.45. The molecule has 2 rings (SSSR count). The Balaban J connectivity index is 2.11. The maximum Gasteiger partial charge on any atom is 0.222 e. The van der Waals surface area contributed by atoms with Crippen molar-refractivity contribution in [2.24, 2.45) is 0 Å². The highest BCUT2D eigenvalue weighted by molar-refractivity contribution is 6.32. The van der Waals surface area contributed by atoms with Gasteiger partial charge in [0.1, 0.15) is 10.8 Å². The molecule has 4 nitrogen and oxygen atoms in total. The van der Waals surface area contributed by atoms with Crippen LogP contribution in [0.15, 0.2) is 24.4 Å². The van der Waals surface area contributed by atoms with E-state index in [-0.39, 0.29) is 11.0 Å². The highest BCUT2D eigenvalue weighted by Gasteiger charge is 2.05. The molecule has 7 heteroatoms. The lowest BCUT2D eigenvalue weighted by molar-refractivity contribution is 0.627. The minimum atomic E-state index is -0.454. The average molecular weight is 287 g/mol. The molecule has 0 saturated carbocycles. The van der Waals surface area contributed by atoms with Gasteiger partial charge in [-0.1, -0.05) is 29.3 Å². The lowest BCUT2D eigenvalue weighted by Gasteiger charge is -2.08. The lowest BCUT2D eigenvalue weighted by atomic mass is 10.2. The number of nitrogen functional groups attached to an aromatic ring is 1. The molecule has 0 aliphatic carbocycles. The van der Waals surface area contributed by atoms with Crippen molar-refractivity contribution in [3.63, 3.8) is 0 Å².